The van der Waals surface area contributed by atoms with Crippen molar-refractivity contribution in [3.05, 3.63) is 24.3 Å². The number of benzene rings is 1. The van der Waals surface area contributed by atoms with Gasteiger partial charge >= 0.3 is 5.97 Å². The molecule has 1 fully saturated rings. The molecular formula is C14H20ClN3O5S. The molecular weight excluding hydrogens is 358 g/mol. The van der Waals surface area contributed by atoms with Gasteiger partial charge in [-0.1, -0.05) is 6.42 Å². The second kappa shape index (κ2) is 8.43. The SMILES string of the molecule is Cl.NS(=O)(=O)c1ccc(NC(=O)CN2CCCCC2C(=O)O)cc1. The first-order valence-corrected chi connectivity index (χ1v) is 8.71. The number of carbonyl (C=O) groups excluding carboxylic acids is 1. The van der Waals surface area contributed by atoms with Crippen molar-refractivity contribution >= 4 is 40.0 Å². The Balaban J connectivity index is 0.00000288. The molecule has 1 aliphatic heterocycles. The third kappa shape index (κ3) is 5.45. The van der Waals surface area contributed by atoms with Crippen LogP contribution in [0.4, 0.5) is 5.69 Å². The molecule has 4 N–H and O–H groups in total. The van der Waals surface area contributed by atoms with Gasteiger partial charge in [0.15, 0.2) is 0 Å². The Labute approximate surface area is 146 Å². The van der Waals surface area contributed by atoms with Crippen LogP contribution in [0.15, 0.2) is 29.2 Å². The number of amides is 1. The summed E-state index contributed by atoms with van der Waals surface area (Å²) < 4.78 is 22.3. The minimum Gasteiger partial charge on any atom is -0.480 e. The minimum absolute atomic E-state index is 0. The standard InChI is InChI=1S/C14H19N3O5S.ClH/c15-23(21,22)11-6-4-10(5-7-11)16-13(18)9-17-8-2-1-3-12(17)14(19)20;/h4-7,12H,1-3,8-9H2,(H,16,18)(H,19,20)(H2,15,21,22);1H. The molecule has 10 heteroatoms. The lowest BCUT2D eigenvalue weighted by Gasteiger charge is -2.32. The van der Waals surface area contributed by atoms with Gasteiger partial charge in [-0.3, -0.25) is 14.5 Å². The van der Waals surface area contributed by atoms with Crippen LogP contribution >= 0.6 is 12.4 Å². The number of likely N-dealkylation sites (tertiary alicyclic amines) is 1. The average Bonchev–Trinajstić information content (AvgIpc) is 2.47. The highest BCUT2D eigenvalue weighted by Crippen LogP contribution is 2.17. The number of carboxylic acids is 1. The molecule has 0 aromatic heterocycles. The van der Waals surface area contributed by atoms with Crippen molar-refractivity contribution in [3.8, 4) is 0 Å². The number of nitrogens with zero attached hydrogens (tertiary/aromatic N) is 1. The second-order valence-corrected chi connectivity index (χ2v) is 7.00. The van der Waals surface area contributed by atoms with Gasteiger partial charge in [-0.2, -0.15) is 0 Å². The first-order chi connectivity index (χ1) is 10.8. The maximum absolute atomic E-state index is 12.0. The topological polar surface area (TPSA) is 130 Å². The van der Waals surface area contributed by atoms with E-state index in [1.165, 1.54) is 24.3 Å². The van der Waals surface area contributed by atoms with E-state index in [0.29, 0.717) is 18.7 Å². The summed E-state index contributed by atoms with van der Waals surface area (Å²) in [6.07, 6.45) is 2.23. The fraction of sp³-hybridized carbons (Fsp3) is 0.429. The van der Waals surface area contributed by atoms with E-state index >= 15 is 0 Å². The van der Waals surface area contributed by atoms with Crippen molar-refractivity contribution in [1.29, 1.82) is 0 Å². The summed E-state index contributed by atoms with van der Waals surface area (Å²) in [5.41, 5.74) is 0.422. The molecule has 8 nitrogen and oxygen atoms in total. The van der Waals surface area contributed by atoms with E-state index in [4.69, 9.17) is 5.14 Å². The van der Waals surface area contributed by atoms with E-state index in [2.05, 4.69) is 5.32 Å². The number of sulfonamides is 1. The molecule has 1 unspecified atom stereocenters. The number of hydrogen-bond donors (Lipinski definition) is 3. The molecule has 134 valence electrons. The summed E-state index contributed by atoms with van der Waals surface area (Å²) in [5.74, 6) is -1.27. The lowest BCUT2D eigenvalue weighted by atomic mass is 10.0. The van der Waals surface area contributed by atoms with E-state index in [-0.39, 0.29) is 29.8 Å². The lowest BCUT2D eigenvalue weighted by Crippen LogP contribution is -2.47. The molecule has 2 rings (SSSR count). The highest BCUT2D eigenvalue weighted by Gasteiger charge is 2.29. The normalized spacial score (nSPS) is 18.5. The highest BCUT2D eigenvalue weighted by atomic mass is 35.5. The number of rotatable bonds is 5. The molecule has 1 heterocycles. The second-order valence-electron chi connectivity index (χ2n) is 5.44. The van der Waals surface area contributed by atoms with Crippen molar-refractivity contribution in [2.45, 2.75) is 30.2 Å². The molecule has 1 atom stereocenters. The summed E-state index contributed by atoms with van der Waals surface area (Å²) in [5, 5.41) is 16.8. The molecule has 1 aliphatic rings. The molecule has 1 amide bonds. The third-order valence-electron chi connectivity index (χ3n) is 3.71. The van der Waals surface area contributed by atoms with Gasteiger partial charge < -0.3 is 10.4 Å². The predicted octanol–water partition coefficient (Wildman–Crippen LogP) is 0.633. The van der Waals surface area contributed by atoms with Crippen LogP contribution < -0.4 is 10.5 Å². The number of nitrogens with one attached hydrogen (secondary N) is 1. The van der Waals surface area contributed by atoms with Gasteiger partial charge in [0.2, 0.25) is 15.9 Å². The molecule has 0 radical (unpaired) electrons. The number of hydrogen-bond acceptors (Lipinski definition) is 5. The van der Waals surface area contributed by atoms with Gasteiger partial charge in [-0.05, 0) is 43.7 Å². The quantitative estimate of drug-likeness (QED) is 0.690. The van der Waals surface area contributed by atoms with Crippen LogP contribution in [-0.2, 0) is 19.6 Å². The number of carbonyl (C=O) groups is 2. The lowest BCUT2D eigenvalue weighted by molar-refractivity contribution is -0.145. The number of halogens is 1. The van der Waals surface area contributed by atoms with Crippen molar-refractivity contribution in [3.63, 3.8) is 0 Å². The van der Waals surface area contributed by atoms with Gasteiger partial charge in [-0.15, -0.1) is 12.4 Å². The van der Waals surface area contributed by atoms with E-state index in [0.717, 1.165) is 12.8 Å². The maximum atomic E-state index is 12.0. The van der Waals surface area contributed by atoms with Crippen LogP contribution in [0, 0.1) is 0 Å². The highest BCUT2D eigenvalue weighted by molar-refractivity contribution is 7.89. The van der Waals surface area contributed by atoms with E-state index in [9.17, 15) is 23.1 Å². The third-order valence-corrected chi connectivity index (χ3v) is 4.64. The van der Waals surface area contributed by atoms with Gasteiger partial charge in [-0.25, -0.2) is 13.6 Å². The van der Waals surface area contributed by atoms with Crippen LogP contribution in [0.1, 0.15) is 19.3 Å². The zero-order valence-electron chi connectivity index (χ0n) is 12.8. The van der Waals surface area contributed by atoms with Crippen LogP contribution in [-0.4, -0.2) is 49.4 Å². The van der Waals surface area contributed by atoms with Crippen molar-refractivity contribution < 1.29 is 23.1 Å². The van der Waals surface area contributed by atoms with Gasteiger partial charge in [0.1, 0.15) is 6.04 Å². The molecule has 0 bridgehead atoms. The average molecular weight is 378 g/mol. The number of carboxylic acid groups (broad SMARTS) is 1. The molecule has 1 aromatic rings. The van der Waals surface area contributed by atoms with Crippen LogP contribution in [0.3, 0.4) is 0 Å². The Hall–Kier alpha value is -1.68. The zero-order chi connectivity index (χ0) is 17.0. The number of aliphatic carboxylic acids is 1. The Morgan fingerprint density at radius 3 is 2.42 bits per heavy atom. The van der Waals surface area contributed by atoms with E-state index in [1.807, 2.05) is 0 Å². The number of primary sulfonamides is 1. The predicted molar refractivity (Wildman–Crippen MR) is 90.5 cm³/mol. The van der Waals surface area contributed by atoms with Crippen LogP contribution in [0.25, 0.3) is 0 Å². The first-order valence-electron chi connectivity index (χ1n) is 7.17. The molecule has 24 heavy (non-hydrogen) atoms. The minimum atomic E-state index is -3.77. The monoisotopic (exact) mass is 377 g/mol. The molecule has 0 spiro atoms. The largest absolute Gasteiger partial charge is 0.480 e. The Kier molecular flexibility index (Phi) is 7.15. The Bertz CT molecular complexity index is 693. The molecule has 1 aromatic carbocycles. The van der Waals surface area contributed by atoms with E-state index < -0.39 is 22.0 Å². The number of nitrogens with two attached hydrogens (primary N) is 1. The summed E-state index contributed by atoms with van der Waals surface area (Å²) in [6, 6.07) is 4.82. The van der Waals surface area contributed by atoms with Crippen molar-refractivity contribution in [2.24, 2.45) is 5.14 Å². The number of anilines is 1. The summed E-state index contributed by atoms with van der Waals surface area (Å²) in [6.45, 7) is 0.544. The first kappa shape index (κ1) is 20.4. The summed E-state index contributed by atoms with van der Waals surface area (Å²) in [4.78, 5) is 24.8. The summed E-state index contributed by atoms with van der Waals surface area (Å²) in [7, 11) is -3.77. The maximum Gasteiger partial charge on any atom is 0.320 e. The molecule has 0 aliphatic carbocycles. The molecule has 0 saturated carbocycles. The zero-order valence-corrected chi connectivity index (χ0v) is 14.5. The summed E-state index contributed by atoms with van der Waals surface area (Å²) >= 11 is 0. The fourth-order valence-electron chi connectivity index (χ4n) is 2.57. The van der Waals surface area contributed by atoms with Gasteiger partial charge in [0.05, 0.1) is 11.4 Å². The van der Waals surface area contributed by atoms with E-state index in [1.54, 1.807) is 4.90 Å². The van der Waals surface area contributed by atoms with Crippen molar-refractivity contribution in [1.82, 2.24) is 4.90 Å². The van der Waals surface area contributed by atoms with Gasteiger partial charge in [0, 0.05) is 5.69 Å². The molecule has 1 saturated heterocycles. The Morgan fingerprint density at radius 2 is 1.88 bits per heavy atom. The van der Waals surface area contributed by atoms with Crippen molar-refractivity contribution in [2.75, 3.05) is 18.4 Å². The van der Waals surface area contributed by atoms with Crippen LogP contribution in [0.2, 0.25) is 0 Å². The number of piperidine rings is 1. The van der Waals surface area contributed by atoms with Crippen LogP contribution in [0.5, 0.6) is 0 Å². The smallest absolute Gasteiger partial charge is 0.320 e. The Morgan fingerprint density at radius 1 is 1.25 bits per heavy atom. The van der Waals surface area contributed by atoms with Gasteiger partial charge in [0.25, 0.3) is 0 Å². The fourth-order valence-corrected chi connectivity index (χ4v) is 3.09.